The monoisotopic (exact) mass is 266 g/mol. The Bertz CT molecular complexity index is 459. The standard InChI is InChI=1S/C12H18N4OS/c1-15(2)12-13-7-9(18-12)10-14-11(17)8-5-3-4-6-16(8)10/h7-8,10H,3-6H2,1-2H3,(H,14,17)/t8-,10-/m1/s1. The van der Waals surface area contributed by atoms with Gasteiger partial charge in [-0.25, -0.2) is 4.98 Å². The first-order valence-corrected chi connectivity index (χ1v) is 7.17. The highest BCUT2D eigenvalue weighted by atomic mass is 32.1. The maximum absolute atomic E-state index is 12.0. The first kappa shape index (κ1) is 11.9. The Morgan fingerprint density at radius 1 is 1.50 bits per heavy atom. The van der Waals surface area contributed by atoms with Crippen LogP contribution in [0, 0.1) is 0 Å². The number of aromatic nitrogens is 1. The van der Waals surface area contributed by atoms with Crippen LogP contribution in [0.2, 0.25) is 0 Å². The van der Waals surface area contributed by atoms with Gasteiger partial charge in [-0.05, 0) is 12.8 Å². The molecule has 0 aliphatic carbocycles. The second-order valence-corrected chi connectivity index (χ2v) is 6.14. The molecule has 1 aromatic heterocycles. The van der Waals surface area contributed by atoms with Crippen LogP contribution >= 0.6 is 11.3 Å². The quantitative estimate of drug-likeness (QED) is 0.873. The first-order chi connectivity index (χ1) is 8.66. The van der Waals surface area contributed by atoms with Gasteiger partial charge in [-0.2, -0.15) is 0 Å². The van der Waals surface area contributed by atoms with Gasteiger partial charge in [-0.15, -0.1) is 0 Å². The molecule has 1 N–H and O–H groups in total. The molecular weight excluding hydrogens is 248 g/mol. The van der Waals surface area contributed by atoms with Gasteiger partial charge < -0.3 is 10.2 Å². The second kappa shape index (κ2) is 4.51. The Balaban J connectivity index is 1.85. The fraction of sp³-hybridized carbons (Fsp3) is 0.667. The van der Waals surface area contributed by atoms with Crippen molar-refractivity contribution in [3.8, 4) is 0 Å². The highest BCUT2D eigenvalue weighted by molar-refractivity contribution is 7.15. The molecule has 1 aromatic rings. The van der Waals surface area contributed by atoms with Gasteiger partial charge in [0.05, 0.1) is 10.9 Å². The van der Waals surface area contributed by atoms with E-state index in [4.69, 9.17) is 0 Å². The number of piperidine rings is 1. The van der Waals surface area contributed by atoms with Gasteiger partial charge in [-0.1, -0.05) is 17.8 Å². The van der Waals surface area contributed by atoms with E-state index in [2.05, 4.69) is 15.2 Å². The molecule has 0 bridgehead atoms. The lowest BCUT2D eigenvalue weighted by atomic mass is 10.0. The van der Waals surface area contributed by atoms with Gasteiger partial charge in [0, 0.05) is 26.8 Å². The number of thiazole rings is 1. The maximum atomic E-state index is 12.0. The molecule has 2 fully saturated rings. The predicted molar refractivity (Wildman–Crippen MR) is 71.7 cm³/mol. The summed E-state index contributed by atoms with van der Waals surface area (Å²) in [5.74, 6) is 0.180. The molecule has 0 spiro atoms. The van der Waals surface area contributed by atoms with Crippen LogP contribution in [0.4, 0.5) is 5.13 Å². The Morgan fingerprint density at radius 3 is 3.06 bits per heavy atom. The number of hydrogen-bond acceptors (Lipinski definition) is 5. The summed E-state index contributed by atoms with van der Waals surface area (Å²) in [4.78, 5) is 21.8. The smallest absolute Gasteiger partial charge is 0.238 e. The fourth-order valence-electron chi connectivity index (χ4n) is 2.70. The highest BCUT2D eigenvalue weighted by Crippen LogP contribution is 2.35. The van der Waals surface area contributed by atoms with Crippen molar-refractivity contribution < 1.29 is 4.79 Å². The van der Waals surface area contributed by atoms with E-state index in [9.17, 15) is 4.79 Å². The molecule has 98 valence electrons. The van der Waals surface area contributed by atoms with Gasteiger partial charge in [0.25, 0.3) is 0 Å². The van der Waals surface area contributed by atoms with Crippen molar-refractivity contribution in [3.63, 3.8) is 0 Å². The van der Waals surface area contributed by atoms with Crippen molar-refractivity contribution in [1.82, 2.24) is 15.2 Å². The van der Waals surface area contributed by atoms with E-state index < -0.39 is 0 Å². The minimum absolute atomic E-state index is 0.0361. The van der Waals surface area contributed by atoms with Gasteiger partial charge in [-0.3, -0.25) is 9.69 Å². The number of hydrogen-bond donors (Lipinski definition) is 1. The number of anilines is 1. The summed E-state index contributed by atoms with van der Waals surface area (Å²) >= 11 is 1.65. The van der Waals surface area contributed by atoms with Crippen LogP contribution in [-0.2, 0) is 4.79 Å². The van der Waals surface area contributed by atoms with E-state index in [0.717, 1.165) is 29.4 Å². The van der Waals surface area contributed by atoms with Gasteiger partial charge >= 0.3 is 0 Å². The molecule has 3 heterocycles. The molecule has 18 heavy (non-hydrogen) atoms. The molecule has 2 saturated heterocycles. The lowest BCUT2D eigenvalue weighted by Gasteiger charge is -2.30. The number of fused-ring (bicyclic) bond motifs is 1. The average molecular weight is 266 g/mol. The number of amides is 1. The SMILES string of the molecule is CN(C)c1ncc([C@@H]2NC(=O)[C@H]3CCCCN32)s1. The van der Waals surface area contributed by atoms with E-state index >= 15 is 0 Å². The molecule has 0 radical (unpaired) electrons. The minimum Gasteiger partial charge on any atom is -0.354 e. The maximum Gasteiger partial charge on any atom is 0.238 e. The Hall–Kier alpha value is -1.14. The normalized spacial score (nSPS) is 28.0. The average Bonchev–Trinajstić information content (AvgIpc) is 2.95. The molecule has 2 atom stereocenters. The van der Waals surface area contributed by atoms with Gasteiger partial charge in [0.15, 0.2) is 5.13 Å². The van der Waals surface area contributed by atoms with Gasteiger partial charge in [0.1, 0.15) is 6.17 Å². The van der Waals surface area contributed by atoms with Crippen molar-refractivity contribution in [2.75, 3.05) is 25.5 Å². The Morgan fingerprint density at radius 2 is 2.33 bits per heavy atom. The Labute approximate surface area is 111 Å². The predicted octanol–water partition coefficient (Wildman–Crippen LogP) is 1.19. The summed E-state index contributed by atoms with van der Waals surface area (Å²) in [5.41, 5.74) is 0. The number of nitrogens with one attached hydrogen (secondary N) is 1. The molecule has 3 rings (SSSR count). The molecule has 0 saturated carbocycles. The topological polar surface area (TPSA) is 48.5 Å². The van der Waals surface area contributed by atoms with E-state index in [1.54, 1.807) is 11.3 Å². The zero-order valence-electron chi connectivity index (χ0n) is 10.7. The third kappa shape index (κ3) is 1.89. The number of carbonyl (C=O) groups excluding carboxylic acids is 1. The van der Waals surface area contributed by atoms with Crippen LogP contribution in [0.1, 0.15) is 30.3 Å². The van der Waals surface area contributed by atoms with Crippen LogP contribution in [0.25, 0.3) is 0 Å². The fourth-order valence-corrected chi connectivity index (χ4v) is 3.61. The summed E-state index contributed by atoms with van der Waals surface area (Å²) in [5, 5.41) is 4.09. The third-order valence-corrected chi connectivity index (χ3v) is 4.84. The van der Waals surface area contributed by atoms with Crippen molar-refractivity contribution >= 4 is 22.4 Å². The van der Waals surface area contributed by atoms with E-state index in [-0.39, 0.29) is 18.1 Å². The molecular formula is C12H18N4OS. The molecule has 6 heteroatoms. The van der Waals surface area contributed by atoms with Crippen LogP contribution in [-0.4, -0.2) is 42.5 Å². The minimum atomic E-state index is 0.0361. The number of carbonyl (C=O) groups is 1. The van der Waals surface area contributed by atoms with Crippen LogP contribution in [0.3, 0.4) is 0 Å². The van der Waals surface area contributed by atoms with Crippen molar-refractivity contribution in [2.24, 2.45) is 0 Å². The van der Waals surface area contributed by atoms with Crippen molar-refractivity contribution in [2.45, 2.75) is 31.5 Å². The molecule has 0 unspecified atom stereocenters. The second-order valence-electron chi connectivity index (χ2n) is 5.10. The van der Waals surface area contributed by atoms with Gasteiger partial charge in [0.2, 0.25) is 5.91 Å². The number of rotatable bonds is 2. The lowest BCUT2D eigenvalue weighted by molar-refractivity contribution is -0.122. The summed E-state index contributed by atoms with van der Waals surface area (Å²) < 4.78 is 0. The molecule has 2 aliphatic heterocycles. The molecule has 5 nitrogen and oxygen atoms in total. The van der Waals surface area contributed by atoms with Crippen LogP contribution in [0.15, 0.2) is 6.20 Å². The molecule has 1 amide bonds. The zero-order valence-corrected chi connectivity index (χ0v) is 11.5. The zero-order chi connectivity index (χ0) is 12.7. The van der Waals surface area contributed by atoms with Crippen LogP contribution < -0.4 is 10.2 Å². The van der Waals surface area contributed by atoms with Crippen molar-refractivity contribution in [3.05, 3.63) is 11.1 Å². The number of nitrogens with zero attached hydrogens (tertiary/aromatic N) is 3. The van der Waals surface area contributed by atoms with Crippen molar-refractivity contribution in [1.29, 1.82) is 0 Å². The summed E-state index contributed by atoms with van der Waals surface area (Å²) in [6.07, 6.45) is 5.26. The highest BCUT2D eigenvalue weighted by Gasteiger charge is 2.42. The van der Waals surface area contributed by atoms with E-state index in [0.29, 0.717) is 0 Å². The molecule has 0 aromatic carbocycles. The molecule has 2 aliphatic rings. The first-order valence-electron chi connectivity index (χ1n) is 6.36. The summed E-state index contributed by atoms with van der Waals surface area (Å²) in [7, 11) is 3.97. The van der Waals surface area contributed by atoms with E-state index in [1.807, 2.05) is 25.2 Å². The summed E-state index contributed by atoms with van der Waals surface area (Å²) in [6, 6.07) is 0.0775. The lowest BCUT2D eigenvalue weighted by Crippen LogP contribution is -2.38. The summed E-state index contributed by atoms with van der Waals surface area (Å²) in [6.45, 7) is 1.00. The Kier molecular flexibility index (Phi) is 2.99. The van der Waals surface area contributed by atoms with Crippen LogP contribution in [0.5, 0.6) is 0 Å². The third-order valence-electron chi connectivity index (χ3n) is 3.62. The van der Waals surface area contributed by atoms with E-state index in [1.165, 1.54) is 6.42 Å². The largest absolute Gasteiger partial charge is 0.354 e.